The predicted molar refractivity (Wildman–Crippen MR) is 86.7 cm³/mol. The van der Waals surface area contributed by atoms with Crippen LogP contribution in [-0.2, 0) is 19.1 Å². The number of para-hydroxylation sites is 1. The molecule has 0 unspecified atom stereocenters. The number of esters is 2. The van der Waals surface area contributed by atoms with Crippen molar-refractivity contribution in [2.45, 2.75) is 26.7 Å². The van der Waals surface area contributed by atoms with Gasteiger partial charge < -0.3 is 19.2 Å². The van der Waals surface area contributed by atoms with Crippen molar-refractivity contribution < 1.29 is 28.3 Å². The van der Waals surface area contributed by atoms with Crippen molar-refractivity contribution in [3.8, 4) is 0 Å². The van der Waals surface area contributed by atoms with Crippen LogP contribution in [0.1, 0.15) is 37.2 Å². The highest BCUT2D eigenvalue weighted by atomic mass is 16.5. The largest absolute Gasteiger partial charge is 0.466 e. The predicted octanol–water partition coefficient (Wildman–Crippen LogP) is 2.89. The molecular formula is C17H19NO6. The van der Waals surface area contributed by atoms with E-state index in [1.54, 1.807) is 38.1 Å². The third kappa shape index (κ3) is 4.13. The van der Waals surface area contributed by atoms with E-state index in [0.29, 0.717) is 11.0 Å². The molecule has 7 nitrogen and oxygen atoms in total. The first-order valence-corrected chi connectivity index (χ1v) is 7.70. The summed E-state index contributed by atoms with van der Waals surface area (Å²) >= 11 is 0. The van der Waals surface area contributed by atoms with E-state index in [-0.39, 0.29) is 37.5 Å². The van der Waals surface area contributed by atoms with E-state index >= 15 is 0 Å². The third-order valence-electron chi connectivity index (χ3n) is 3.18. The summed E-state index contributed by atoms with van der Waals surface area (Å²) in [4.78, 5) is 35.4. The Morgan fingerprint density at radius 2 is 1.75 bits per heavy atom. The van der Waals surface area contributed by atoms with Gasteiger partial charge in [-0.15, -0.1) is 0 Å². The lowest BCUT2D eigenvalue weighted by molar-refractivity contribution is -0.144. The molecule has 1 aromatic heterocycles. The van der Waals surface area contributed by atoms with Crippen molar-refractivity contribution in [1.82, 2.24) is 0 Å². The SMILES string of the molecule is CCOC(=O)CCC(=O)Nc1c(C(=O)OCC)oc2ccccc12. The van der Waals surface area contributed by atoms with E-state index < -0.39 is 17.8 Å². The summed E-state index contributed by atoms with van der Waals surface area (Å²) in [5, 5.41) is 3.22. The standard InChI is InChI=1S/C17H19NO6/c1-3-22-14(20)10-9-13(19)18-15-11-7-5-6-8-12(11)24-16(15)17(21)23-4-2/h5-8H,3-4,9-10H2,1-2H3,(H,18,19). The summed E-state index contributed by atoms with van der Waals surface area (Å²) in [6.45, 7) is 3.82. The number of fused-ring (bicyclic) bond motifs is 1. The average molecular weight is 333 g/mol. The van der Waals surface area contributed by atoms with Gasteiger partial charge in [-0.1, -0.05) is 12.1 Å². The molecule has 0 atom stereocenters. The molecule has 0 fully saturated rings. The first-order valence-electron chi connectivity index (χ1n) is 7.70. The van der Waals surface area contributed by atoms with Crippen molar-refractivity contribution >= 4 is 34.5 Å². The summed E-state index contributed by atoms with van der Waals surface area (Å²) in [7, 11) is 0. The van der Waals surface area contributed by atoms with Gasteiger partial charge in [-0.2, -0.15) is 0 Å². The number of anilines is 1. The van der Waals surface area contributed by atoms with Gasteiger partial charge in [0.05, 0.1) is 19.6 Å². The fourth-order valence-corrected chi connectivity index (χ4v) is 2.16. The Morgan fingerprint density at radius 3 is 2.46 bits per heavy atom. The normalized spacial score (nSPS) is 10.4. The minimum absolute atomic E-state index is 0.0375. The second kappa shape index (κ2) is 8.14. The Kier molecular flexibility index (Phi) is 5.95. The van der Waals surface area contributed by atoms with E-state index in [2.05, 4.69) is 5.32 Å². The molecule has 0 saturated heterocycles. The molecule has 24 heavy (non-hydrogen) atoms. The molecule has 0 spiro atoms. The molecule has 7 heteroatoms. The first kappa shape index (κ1) is 17.5. The molecule has 1 heterocycles. The molecule has 0 aliphatic heterocycles. The lowest BCUT2D eigenvalue weighted by Crippen LogP contribution is -2.16. The van der Waals surface area contributed by atoms with Crippen LogP contribution in [0.4, 0.5) is 5.69 Å². The number of hydrogen-bond acceptors (Lipinski definition) is 6. The lowest BCUT2D eigenvalue weighted by atomic mass is 10.2. The van der Waals surface area contributed by atoms with Crippen LogP contribution in [0.25, 0.3) is 11.0 Å². The fourth-order valence-electron chi connectivity index (χ4n) is 2.16. The number of ether oxygens (including phenoxy) is 2. The maximum Gasteiger partial charge on any atom is 0.376 e. The molecule has 2 aromatic rings. The van der Waals surface area contributed by atoms with Gasteiger partial charge >= 0.3 is 11.9 Å². The van der Waals surface area contributed by atoms with Gasteiger partial charge in [0.1, 0.15) is 11.3 Å². The van der Waals surface area contributed by atoms with Crippen LogP contribution in [0.2, 0.25) is 0 Å². The molecule has 0 saturated carbocycles. The lowest BCUT2D eigenvalue weighted by Gasteiger charge is -2.06. The number of hydrogen-bond donors (Lipinski definition) is 1. The summed E-state index contributed by atoms with van der Waals surface area (Å²) < 4.78 is 15.2. The highest BCUT2D eigenvalue weighted by Gasteiger charge is 2.23. The third-order valence-corrected chi connectivity index (χ3v) is 3.18. The van der Waals surface area contributed by atoms with Crippen LogP contribution < -0.4 is 5.32 Å². The fraction of sp³-hybridized carbons (Fsp3) is 0.353. The van der Waals surface area contributed by atoms with E-state index in [9.17, 15) is 14.4 Å². The summed E-state index contributed by atoms with van der Waals surface area (Å²) in [6.07, 6.45) is -0.0925. The van der Waals surface area contributed by atoms with Gasteiger partial charge in [0.2, 0.25) is 11.7 Å². The zero-order valence-electron chi connectivity index (χ0n) is 13.6. The van der Waals surface area contributed by atoms with Crippen molar-refractivity contribution in [2.24, 2.45) is 0 Å². The Labute approximate surface area is 138 Å². The molecule has 1 aromatic carbocycles. The number of nitrogens with one attached hydrogen (secondary N) is 1. The molecule has 0 aliphatic carbocycles. The Hall–Kier alpha value is -2.83. The van der Waals surface area contributed by atoms with Crippen molar-refractivity contribution in [3.63, 3.8) is 0 Å². The molecule has 128 valence electrons. The number of carbonyl (C=O) groups is 3. The van der Waals surface area contributed by atoms with Gasteiger partial charge in [0.25, 0.3) is 0 Å². The summed E-state index contributed by atoms with van der Waals surface area (Å²) in [5.41, 5.74) is 0.708. The van der Waals surface area contributed by atoms with Crippen LogP contribution in [0.3, 0.4) is 0 Å². The van der Waals surface area contributed by atoms with E-state index in [4.69, 9.17) is 13.9 Å². The van der Waals surface area contributed by atoms with Crippen LogP contribution in [0.5, 0.6) is 0 Å². The smallest absolute Gasteiger partial charge is 0.376 e. The summed E-state index contributed by atoms with van der Waals surface area (Å²) in [5.74, 6) is -1.59. The highest BCUT2D eigenvalue weighted by Crippen LogP contribution is 2.31. The topological polar surface area (TPSA) is 94.8 Å². The van der Waals surface area contributed by atoms with Crippen molar-refractivity contribution in [3.05, 3.63) is 30.0 Å². The van der Waals surface area contributed by atoms with Gasteiger partial charge in [-0.25, -0.2) is 4.79 Å². The quantitative estimate of drug-likeness (QED) is 0.783. The van der Waals surface area contributed by atoms with Gasteiger partial charge in [0, 0.05) is 11.8 Å². The van der Waals surface area contributed by atoms with Crippen LogP contribution in [-0.4, -0.2) is 31.1 Å². The van der Waals surface area contributed by atoms with Crippen LogP contribution >= 0.6 is 0 Å². The maximum absolute atomic E-state index is 12.1. The van der Waals surface area contributed by atoms with E-state index in [0.717, 1.165) is 0 Å². The van der Waals surface area contributed by atoms with E-state index in [1.807, 2.05) is 0 Å². The second-order valence-electron chi connectivity index (χ2n) is 4.88. The Morgan fingerprint density at radius 1 is 1.04 bits per heavy atom. The average Bonchev–Trinajstić information content (AvgIpc) is 2.92. The number of rotatable bonds is 7. The van der Waals surface area contributed by atoms with E-state index in [1.165, 1.54) is 0 Å². The molecular weight excluding hydrogens is 314 g/mol. The molecule has 2 rings (SSSR count). The molecule has 1 N–H and O–H groups in total. The Bertz CT molecular complexity index is 749. The zero-order valence-corrected chi connectivity index (χ0v) is 13.6. The second-order valence-corrected chi connectivity index (χ2v) is 4.88. The summed E-state index contributed by atoms with van der Waals surface area (Å²) in [6, 6.07) is 6.93. The molecule has 0 aliphatic rings. The van der Waals surface area contributed by atoms with Crippen molar-refractivity contribution in [1.29, 1.82) is 0 Å². The van der Waals surface area contributed by atoms with Gasteiger partial charge in [-0.05, 0) is 26.0 Å². The van der Waals surface area contributed by atoms with Crippen LogP contribution in [0.15, 0.2) is 28.7 Å². The number of furan rings is 1. The van der Waals surface area contributed by atoms with Gasteiger partial charge in [0.15, 0.2) is 0 Å². The number of benzene rings is 1. The maximum atomic E-state index is 12.1. The van der Waals surface area contributed by atoms with Crippen molar-refractivity contribution in [2.75, 3.05) is 18.5 Å². The highest BCUT2D eigenvalue weighted by molar-refractivity contribution is 6.09. The first-order chi connectivity index (χ1) is 11.6. The van der Waals surface area contributed by atoms with Gasteiger partial charge in [-0.3, -0.25) is 9.59 Å². The van der Waals surface area contributed by atoms with Crippen LogP contribution in [0, 0.1) is 0 Å². The number of carbonyl (C=O) groups excluding carboxylic acids is 3. The molecule has 1 amide bonds. The Balaban J connectivity index is 2.20. The monoisotopic (exact) mass is 333 g/mol. The minimum Gasteiger partial charge on any atom is -0.466 e. The number of amides is 1. The minimum atomic E-state index is -0.658. The molecule has 0 radical (unpaired) electrons. The molecule has 0 bridgehead atoms. The zero-order chi connectivity index (χ0) is 17.5.